The number of hydrogen-bond donors (Lipinski definition) is 0. The minimum Gasteiger partial charge on any atom is -0.346 e. The zero-order valence-corrected chi connectivity index (χ0v) is 11.6. The zero-order chi connectivity index (χ0) is 14.2. The zero-order valence-electron chi connectivity index (χ0n) is 9.98. The number of rotatable bonds is 2. The van der Waals surface area contributed by atoms with Crippen LogP contribution in [0.4, 0.5) is 11.5 Å². The topological polar surface area (TPSA) is 106 Å². The highest BCUT2D eigenvalue weighted by Crippen LogP contribution is 2.33. The molecule has 1 saturated heterocycles. The van der Waals surface area contributed by atoms with Crippen LogP contribution < -0.4 is 4.90 Å². The maximum atomic E-state index is 11.5. The van der Waals surface area contributed by atoms with Gasteiger partial charge < -0.3 is 4.90 Å². The van der Waals surface area contributed by atoms with E-state index in [9.17, 15) is 18.5 Å². The Morgan fingerprint density at radius 2 is 2.21 bits per heavy atom. The van der Waals surface area contributed by atoms with Gasteiger partial charge in [0.15, 0.2) is 9.84 Å². The molecular weight excluding hydrogens is 296 g/mol. The van der Waals surface area contributed by atoms with E-state index in [2.05, 4.69) is 9.97 Å². The van der Waals surface area contributed by atoms with Crippen LogP contribution in [0.25, 0.3) is 0 Å². The summed E-state index contributed by atoms with van der Waals surface area (Å²) in [5, 5.41) is 10.8. The molecular formula is C9H11ClN4O4S. The molecule has 1 fully saturated rings. The van der Waals surface area contributed by atoms with Crippen LogP contribution >= 0.6 is 11.6 Å². The minimum atomic E-state index is -3.10. The third-order valence-electron chi connectivity index (χ3n) is 2.88. The molecule has 2 rings (SSSR count). The highest BCUT2D eigenvalue weighted by atomic mass is 35.5. The number of hydrogen-bond acceptors (Lipinski definition) is 7. The Kier molecular flexibility index (Phi) is 3.59. The van der Waals surface area contributed by atoms with Crippen molar-refractivity contribution in [1.82, 2.24) is 9.97 Å². The van der Waals surface area contributed by atoms with Gasteiger partial charge in [-0.05, 0) is 6.92 Å². The van der Waals surface area contributed by atoms with Crippen molar-refractivity contribution in [1.29, 1.82) is 0 Å². The maximum Gasteiger partial charge on any atom is 0.348 e. The summed E-state index contributed by atoms with van der Waals surface area (Å²) >= 11 is 5.71. The van der Waals surface area contributed by atoms with Crippen molar-refractivity contribution in [3.63, 3.8) is 0 Å². The van der Waals surface area contributed by atoms with Crippen molar-refractivity contribution in [3.05, 3.63) is 21.6 Å². The smallest absolute Gasteiger partial charge is 0.346 e. The van der Waals surface area contributed by atoms with Crippen LogP contribution in [-0.4, -0.2) is 47.4 Å². The Morgan fingerprint density at radius 3 is 2.79 bits per heavy atom. The molecule has 0 amide bonds. The van der Waals surface area contributed by atoms with Gasteiger partial charge in [-0.1, -0.05) is 11.6 Å². The summed E-state index contributed by atoms with van der Waals surface area (Å²) in [6, 6.07) is -0.400. The first-order valence-electron chi connectivity index (χ1n) is 5.44. The van der Waals surface area contributed by atoms with Gasteiger partial charge in [0.2, 0.25) is 11.0 Å². The van der Waals surface area contributed by atoms with Crippen molar-refractivity contribution in [2.45, 2.75) is 13.0 Å². The Bertz CT molecular complexity index is 621. The molecule has 2 heterocycles. The lowest BCUT2D eigenvalue weighted by atomic mass is 10.3. The Morgan fingerprint density at radius 1 is 1.53 bits per heavy atom. The molecule has 1 atom stereocenters. The van der Waals surface area contributed by atoms with Gasteiger partial charge in [-0.25, -0.2) is 18.4 Å². The van der Waals surface area contributed by atoms with Crippen LogP contribution in [0.5, 0.6) is 0 Å². The maximum absolute atomic E-state index is 11.5. The molecule has 8 nitrogen and oxygen atoms in total. The first-order chi connectivity index (χ1) is 8.82. The van der Waals surface area contributed by atoms with Gasteiger partial charge in [-0.15, -0.1) is 0 Å². The van der Waals surface area contributed by atoms with E-state index in [1.807, 2.05) is 0 Å². The van der Waals surface area contributed by atoms with Crippen molar-refractivity contribution >= 4 is 32.9 Å². The molecule has 1 aromatic heterocycles. The number of nitrogens with zero attached hydrogens (tertiary/aromatic N) is 4. The van der Waals surface area contributed by atoms with Crippen molar-refractivity contribution in [3.8, 4) is 0 Å². The number of anilines is 1. The number of aromatic nitrogens is 2. The minimum absolute atomic E-state index is 0.0594. The fourth-order valence-corrected chi connectivity index (χ4v) is 3.78. The summed E-state index contributed by atoms with van der Waals surface area (Å²) < 4.78 is 23.0. The predicted octanol–water partition coefficient (Wildman–Crippen LogP) is 0.661. The van der Waals surface area contributed by atoms with Gasteiger partial charge >= 0.3 is 5.69 Å². The second kappa shape index (κ2) is 4.89. The molecule has 0 N–H and O–H groups in total. The second-order valence-corrected chi connectivity index (χ2v) is 6.84. The lowest BCUT2D eigenvalue weighted by molar-refractivity contribution is -0.384. The van der Waals surface area contributed by atoms with Gasteiger partial charge in [0.1, 0.15) is 6.33 Å². The molecule has 0 spiro atoms. The van der Waals surface area contributed by atoms with E-state index >= 15 is 0 Å². The predicted molar refractivity (Wildman–Crippen MR) is 69.2 cm³/mol. The van der Waals surface area contributed by atoms with Gasteiger partial charge in [0, 0.05) is 12.6 Å². The van der Waals surface area contributed by atoms with E-state index in [-0.39, 0.29) is 29.0 Å². The summed E-state index contributed by atoms with van der Waals surface area (Å²) in [6.07, 6.45) is 1.13. The van der Waals surface area contributed by atoms with E-state index in [0.717, 1.165) is 6.33 Å². The van der Waals surface area contributed by atoms with Gasteiger partial charge in [0.25, 0.3) is 0 Å². The van der Waals surface area contributed by atoms with E-state index < -0.39 is 26.5 Å². The Balaban J connectivity index is 2.43. The van der Waals surface area contributed by atoms with Crippen LogP contribution in [0.1, 0.15) is 6.92 Å². The van der Waals surface area contributed by atoms with Crippen LogP contribution in [0.3, 0.4) is 0 Å². The van der Waals surface area contributed by atoms with Crippen LogP contribution in [0, 0.1) is 10.1 Å². The lowest BCUT2D eigenvalue weighted by Gasteiger charge is -2.33. The first kappa shape index (κ1) is 13.9. The van der Waals surface area contributed by atoms with E-state index in [1.165, 1.54) is 0 Å². The largest absolute Gasteiger partial charge is 0.348 e. The molecule has 1 aliphatic heterocycles. The fraction of sp³-hybridized carbons (Fsp3) is 0.556. The van der Waals surface area contributed by atoms with Gasteiger partial charge in [-0.2, -0.15) is 0 Å². The monoisotopic (exact) mass is 306 g/mol. The summed E-state index contributed by atoms with van der Waals surface area (Å²) in [4.78, 5) is 19.4. The summed E-state index contributed by atoms with van der Waals surface area (Å²) in [5.41, 5.74) is -0.393. The van der Waals surface area contributed by atoms with Crippen molar-refractivity contribution in [2.24, 2.45) is 0 Å². The SMILES string of the molecule is CC1CS(=O)(=O)CCN1c1ncnc(Cl)c1[N+](=O)[O-]. The Labute approximate surface area is 114 Å². The highest BCUT2D eigenvalue weighted by Gasteiger charge is 2.34. The number of sulfone groups is 1. The molecule has 1 unspecified atom stereocenters. The average molecular weight is 307 g/mol. The molecule has 1 aromatic rings. The van der Waals surface area contributed by atoms with Crippen LogP contribution in [-0.2, 0) is 9.84 Å². The number of halogens is 1. The van der Waals surface area contributed by atoms with E-state index in [1.54, 1.807) is 11.8 Å². The molecule has 0 aromatic carbocycles. The van der Waals surface area contributed by atoms with Crippen molar-refractivity contribution in [2.75, 3.05) is 23.0 Å². The molecule has 0 saturated carbocycles. The average Bonchev–Trinajstić information content (AvgIpc) is 2.26. The highest BCUT2D eigenvalue weighted by molar-refractivity contribution is 7.91. The van der Waals surface area contributed by atoms with Crippen LogP contribution in [0.2, 0.25) is 5.15 Å². The molecule has 19 heavy (non-hydrogen) atoms. The van der Waals surface area contributed by atoms with Crippen LogP contribution in [0.15, 0.2) is 6.33 Å². The quantitative estimate of drug-likeness (QED) is 0.449. The standard InChI is InChI=1S/C9H11ClN4O4S/c1-6-4-19(17,18)3-2-13(6)9-7(14(15)16)8(10)11-5-12-9/h5-6H,2-4H2,1H3. The molecule has 1 aliphatic rings. The summed E-state index contributed by atoms with van der Waals surface area (Å²) in [6.45, 7) is 1.83. The third kappa shape index (κ3) is 2.76. The molecule has 0 radical (unpaired) electrons. The lowest BCUT2D eigenvalue weighted by Crippen LogP contribution is -2.47. The van der Waals surface area contributed by atoms with Gasteiger partial charge in [0.05, 0.1) is 16.4 Å². The van der Waals surface area contributed by atoms with Crippen molar-refractivity contribution < 1.29 is 13.3 Å². The molecule has 104 valence electrons. The molecule has 0 bridgehead atoms. The summed E-state index contributed by atoms with van der Waals surface area (Å²) in [7, 11) is -3.10. The first-order valence-corrected chi connectivity index (χ1v) is 7.63. The third-order valence-corrected chi connectivity index (χ3v) is 4.95. The summed E-state index contributed by atoms with van der Waals surface area (Å²) in [5.74, 6) is -0.0607. The Hall–Kier alpha value is -1.48. The van der Waals surface area contributed by atoms with E-state index in [4.69, 9.17) is 11.6 Å². The fourth-order valence-electron chi connectivity index (χ4n) is 2.03. The molecule has 10 heteroatoms. The normalized spacial score (nSPS) is 22.2. The van der Waals surface area contributed by atoms with E-state index in [0.29, 0.717) is 0 Å². The number of nitro groups is 1. The second-order valence-electron chi connectivity index (χ2n) is 4.25. The molecule has 0 aliphatic carbocycles. The van der Waals surface area contributed by atoms with Gasteiger partial charge in [-0.3, -0.25) is 10.1 Å².